The average molecular weight is 557 g/mol. The van der Waals surface area contributed by atoms with E-state index in [-0.39, 0.29) is 46.7 Å². The van der Waals surface area contributed by atoms with Gasteiger partial charge in [-0.25, -0.2) is 4.39 Å². The molecular formula is C28H33FN4O7. The molecule has 0 bridgehead atoms. The first-order valence-corrected chi connectivity index (χ1v) is 13.3. The fourth-order valence-electron chi connectivity index (χ4n) is 8.07. The number of primary amides is 1. The number of amides is 1. The highest BCUT2D eigenvalue weighted by atomic mass is 19.1. The Kier molecular flexibility index (Phi) is 5.53. The Bertz CT molecular complexity index is 1490. The zero-order chi connectivity index (χ0) is 29.2. The van der Waals surface area contributed by atoms with Gasteiger partial charge in [-0.05, 0) is 52.9 Å². The van der Waals surface area contributed by atoms with Crippen molar-refractivity contribution in [2.45, 2.75) is 43.9 Å². The van der Waals surface area contributed by atoms with Crippen molar-refractivity contribution in [3.05, 3.63) is 39.4 Å². The van der Waals surface area contributed by atoms with E-state index in [1.165, 1.54) is 19.0 Å². The number of carbonyl (C=O) groups excluding carboxylic acids is 3. The minimum Gasteiger partial charge on any atom is -0.508 e. The number of benzene rings is 1. The number of Topliss-reactive ketones (excluding diaryl/α,β-unsaturated/α-hetero) is 2. The molecule has 6 atom stereocenters. The third-order valence-electron chi connectivity index (χ3n) is 9.94. The Morgan fingerprint density at radius 3 is 2.52 bits per heavy atom. The summed E-state index contributed by atoms with van der Waals surface area (Å²) < 4.78 is 16.5. The number of nitrogens with two attached hydrogens (primary N) is 1. The van der Waals surface area contributed by atoms with E-state index in [1.807, 2.05) is 11.9 Å². The highest BCUT2D eigenvalue weighted by Gasteiger charge is 2.64. The van der Waals surface area contributed by atoms with Gasteiger partial charge >= 0.3 is 0 Å². The second-order valence-electron chi connectivity index (χ2n) is 12.4. The number of ketones is 2. The van der Waals surface area contributed by atoms with Gasteiger partial charge in [0.15, 0.2) is 11.4 Å². The maximum absolute atomic E-state index is 16.5. The van der Waals surface area contributed by atoms with E-state index in [4.69, 9.17) is 5.73 Å². The number of nitrogens with zero attached hydrogens (tertiary/aromatic N) is 2. The predicted molar refractivity (Wildman–Crippen MR) is 141 cm³/mol. The molecule has 1 amide bonds. The highest BCUT2D eigenvalue weighted by Crippen LogP contribution is 2.58. The Balaban J connectivity index is 1.57. The second-order valence-corrected chi connectivity index (χ2v) is 12.4. The average Bonchev–Trinajstić information content (AvgIpc) is 3.18. The third-order valence-corrected chi connectivity index (χ3v) is 9.94. The third kappa shape index (κ3) is 3.06. The van der Waals surface area contributed by atoms with Gasteiger partial charge in [-0.15, -0.1) is 0 Å². The molecule has 12 heteroatoms. The number of phenolic OH excluding ortho intramolecular Hbond substituents is 1. The molecule has 1 saturated carbocycles. The second kappa shape index (κ2) is 8.27. The van der Waals surface area contributed by atoms with Gasteiger partial charge in [0.05, 0.1) is 17.3 Å². The molecule has 2 aliphatic heterocycles. The lowest BCUT2D eigenvalue weighted by molar-refractivity contribution is -0.153. The standard InChI is InChI=1S/C28H33FN4O7/c1-27-5-6-33(4)23(27)15-17(29)11-7-10-8-12-19(32(2)3)22(36)16(26(30)39)25(38)28(12,40)24(37)13(10)20(34)14(11)21(35)18(15)31-9-27/h10,12,19,23,31,34-35,38,40H,5-9H2,1-4H3,(H2,30,39)/t10-,12-,19-,23?,27?,28-/m0/s1. The van der Waals surface area contributed by atoms with E-state index in [2.05, 4.69) is 12.2 Å². The SMILES string of the molecule is CN1CCC2(C)CNc3c(O)c4c(c(F)c3C12)C[C@H]1C[C@H]2[C@H](N(C)C)C(=O)C(C(N)=O)=C(O)[C@@]2(O)C(=O)C1=C4O. The van der Waals surface area contributed by atoms with Gasteiger partial charge in [0.1, 0.15) is 28.7 Å². The molecule has 3 aliphatic carbocycles. The van der Waals surface area contributed by atoms with Gasteiger partial charge in [-0.1, -0.05) is 6.92 Å². The van der Waals surface area contributed by atoms with E-state index < -0.39 is 69.6 Å². The van der Waals surface area contributed by atoms with Crippen molar-refractivity contribution in [2.75, 3.05) is 39.5 Å². The lowest BCUT2D eigenvalue weighted by Crippen LogP contribution is -2.65. The van der Waals surface area contributed by atoms with Crippen molar-refractivity contribution < 1.29 is 39.2 Å². The van der Waals surface area contributed by atoms with Crippen LogP contribution in [0.25, 0.3) is 5.76 Å². The van der Waals surface area contributed by atoms with Crippen molar-refractivity contribution in [3.63, 3.8) is 0 Å². The summed E-state index contributed by atoms with van der Waals surface area (Å²) in [5.41, 5.74) is 1.42. The minimum absolute atomic E-state index is 0.0493. The van der Waals surface area contributed by atoms with Crippen LogP contribution < -0.4 is 11.1 Å². The number of nitrogens with one attached hydrogen (secondary N) is 1. The molecule has 2 unspecified atom stereocenters. The molecule has 1 saturated heterocycles. The number of aliphatic hydroxyl groups is 3. The Labute approximate surface area is 229 Å². The number of fused-ring (bicyclic) bond motifs is 6. The number of hydrogen-bond acceptors (Lipinski definition) is 10. The van der Waals surface area contributed by atoms with Crippen LogP contribution in [0.4, 0.5) is 10.1 Å². The van der Waals surface area contributed by atoms with Crippen molar-refractivity contribution in [1.82, 2.24) is 9.80 Å². The Morgan fingerprint density at radius 1 is 1.23 bits per heavy atom. The normalized spacial score (nSPS) is 35.2. The summed E-state index contributed by atoms with van der Waals surface area (Å²) in [7, 11) is 4.96. The molecule has 2 fully saturated rings. The summed E-state index contributed by atoms with van der Waals surface area (Å²) in [6.07, 6.45) is 0.644. The van der Waals surface area contributed by atoms with Crippen LogP contribution in [-0.4, -0.2) is 93.6 Å². The number of rotatable bonds is 2. The largest absolute Gasteiger partial charge is 0.508 e. The van der Waals surface area contributed by atoms with Crippen LogP contribution in [0.2, 0.25) is 0 Å². The zero-order valence-electron chi connectivity index (χ0n) is 22.7. The quantitative estimate of drug-likeness (QED) is 0.227. The van der Waals surface area contributed by atoms with Gasteiger partial charge in [-0.3, -0.25) is 24.2 Å². The van der Waals surface area contributed by atoms with Crippen LogP contribution in [0, 0.1) is 23.1 Å². The summed E-state index contributed by atoms with van der Waals surface area (Å²) >= 11 is 0. The Hall–Kier alpha value is -3.48. The van der Waals surface area contributed by atoms with Crippen molar-refractivity contribution >= 4 is 28.9 Å². The number of hydrogen-bond donors (Lipinski definition) is 6. The number of likely N-dealkylation sites (N-methyl/N-ethyl adjacent to an activating group) is 1. The zero-order valence-corrected chi connectivity index (χ0v) is 22.7. The molecule has 0 radical (unpaired) electrons. The molecule has 1 aromatic carbocycles. The van der Waals surface area contributed by atoms with E-state index in [0.29, 0.717) is 12.1 Å². The van der Waals surface area contributed by atoms with E-state index in [1.54, 1.807) is 0 Å². The summed E-state index contributed by atoms with van der Waals surface area (Å²) in [4.78, 5) is 42.8. The van der Waals surface area contributed by atoms with E-state index in [9.17, 15) is 34.8 Å². The van der Waals surface area contributed by atoms with Gasteiger partial charge < -0.3 is 31.5 Å². The minimum atomic E-state index is -2.74. The molecule has 7 N–H and O–H groups in total. The summed E-state index contributed by atoms with van der Waals surface area (Å²) in [5, 5.41) is 48.6. The highest BCUT2D eigenvalue weighted by molar-refractivity contribution is 6.24. The number of anilines is 1. The molecular weight excluding hydrogens is 523 g/mol. The monoisotopic (exact) mass is 556 g/mol. The van der Waals surface area contributed by atoms with Crippen LogP contribution in [0.5, 0.6) is 5.75 Å². The fourth-order valence-corrected chi connectivity index (χ4v) is 8.07. The molecule has 11 nitrogen and oxygen atoms in total. The first kappa shape index (κ1) is 26.7. The maximum Gasteiger partial charge on any atom is 0.255 e. The van der Waals surface area contributed by atoms with Crippen LogP contribution in [0.15, 0.2) is 16.9 Å². The number of likely N-dealkylation sites (tertiary alicyclic amines) is 1. The van der Waals surface area contributed by atoms with Gasteiger partial charge in [0, 0.05) is 40.6 Å². The van der Waals surface area contributed by atoms with Gasteiger partial charge in [0.2, 0.25) is 5.78 Å². The number of aromatic hydroxyl groups is 1. The van der Waals surface area contributed by atoms with Crippen molar-refractivity contribution in [1.29, 1.82) is 0 Å². The maximum atomic E-state index is 16.5. The topological polar surface area (TPSA) is 177 Å². The van der Waals surface area contributed by atoms with Gasteiger partial charge in [0.25, 0.3) is 5.91 Å². The summed E-state index contributed by atoms with van der Waals surface area (Å²) in [6.45, 7) is 3.27. The van der Waals surface area contributed by atoms with E-state index >= 15 is 4.39 Å². The number of carbonyl (C=O) groups is 3. The molecule has 1 aromatic rings. The molecule has 0 aromatic heterocycles. The first-order chi connectivity index (χ1) is 18.7. The van der Waals surface area contributed by atoms with Crippen LogP contribution in [0.3, 0.4) is 0 Å². The number of aliphatic hydroxyl groups excluding tert-OH is 2. The fraction of sp³-hybridized carbons (Fsp3) is 0.536. The lowest BCUT2D eigenvalue weighted by atomic mass is 9.57. The van der Waals surface area contributed by atoms with E-state index in [0.717, 1.165) is 13.0 Å². The molecule has 6 rings (SSSR count). The lowest BCUT2D eigenvalue weighted by Gasteiger charge is -2.50. The predicted octanol–water partition coefficient (Wildman–Crippen LogP) is 0.912. The summed E-state index contributed by atoms with van der Waals surface area (Å²) in [5.74, 6) is -8.15. The van der Waals surface area contributed by atoms with Crippen molar-refractivity contribution in [3.8, 4) is 5.75 Å². The summed E-state index contributed by atoms with van der Waals surface area (Å²) in [6, 6.07) is -1.51. The molecule has 40 heavy (non-hydrogen) atoms. The smallest absolute Gasteiger partial charge is 0.255 e. The molecule has 2 heterocycles. The van der Waals surface area contributed by atoms with Gasteiger partial charge in [-0.2, -0.15) is 0 Å². The Morgan fingerprint density at radius 2 is 1.90 bits per heavy atom. The molecule has 214 valence electrons. The number of phenols is 1. The molecule has 5 aliphatic rings. The van der Waals surface area contributed by atoms with Crippen LogP contribution >= 0.6 is 0 Å². The molecule has 0 spiro atoms. The first-order valence-electron chi connectivity index (χ1n) is 13.3. The number of halogens is 1. The van der Waals surface area contributed by atoms with Crippen LogP contribution in [0.1, 0.15) is 42.5 Å². The van der Waals surface area contributed by atoms with Crippen molar-refractivity contribution in [2.24, 2.45) is 23.0 Å². The van der Waals surface area contributed by atoms with Crippen LogP contribution in [-0.2, 0) is 20.8 Å².